The van der Waals surface area contributed by atoms with Gasteiger partial charge in [0.15, 0.2) is 0 Å². The smallest absolute Gasteiger partial charge is 0.408 e. The fraction of sp³-hybridized carbons (Fsp3) is 0.250. The van der Waals surface area contributed by atoms with Crippen molar-refractivity contribution < 1.29 is 18.7 Å². The third kappa shape index (κ3) is 6.19. The number of hydrogen-bond acceptors (Lipinski definition) is 5. The van der Waals surface area contributed by atoms with Gasteiger partial charge in [-0.2, -0.15) is 5.26 Å². The van der Waals surface area contributed by atoms with E-state index in [1.54, 1.807) is 24.5 Å². The Balaban J connectivity index is 1.52. The zero-order chi connectivity index (χ0) is 25.7. The number of amides is 1. The van der Waals surface area contributed by atoms with Crippen LogP contribution in [0.15, 0.2) is 67.1 Å². The maximum Gasteiger partial charge on any atom is 0.408 e. The van der Waals surface area contributed by atoms with Gasteiger partial charge >= 0.3 is 6.09 Å². The van der Waals surface area contributed by atoms with Gasteiger partial charge in [0, 0.05) is 28.9 Å². The van der Waals surface area contributed by atoms with Gasteiger partial charge in [-0.05, 0) is 62.6 Å². The molecule has 2 aromatic carbocycles. The van der Waals surface area contributed by atoms with Gasteiger partial charge in [-0.1, -0.05) is 24.3 Å². The lowest BCUT2D eigenvalue weighted by atomic mass is 10.0. The monoisotopic (exact) mass is 486 g/mol. The van der Waals surface area contributed by atoms with Crippen LogP contribution in [0.25, 0.3) is 22.0 Å². The maximum absolute atomic E-state index is 13.7. The highest BCUT2D eigenvalue weighted by Gasteiger charge is 2.21. The highest BCUT2D eigenvalue weighted by atomic mass is 19.1. The van der Waals surface area contributed by atoms with Crippen LogP contribution in [-0.4, -0.2) is 34.3 Å². The molecule has 2 heterocycles. The number of carbonyl (C=O) groups excluding carboxylic acids is 1. The summed E-state index contributed by atoms with van der Waals surface area (Å²) in [6.45, 7) is 5.59. The minimum atomic E-state index is -0.633. The average molecular weight is 487 g/mol. The zero-order valence-corrected chi connectivity index (χ0v) is 20.3. The summed E-state index contributed by atoms with van der Waals surface area (Å²) in [5.74, 6) is -0.0970. The Bertz CT molecular complexity index is 1420. The predicted molar refractivity (Wildman–Crippen MR) is 135 cm³/mol. The number of H-pyrrole nitrogens is 1. The average Bonchev–Trinajstić information content (AvgIpc) is 3.24. The number of halogens is 1. The molecule has 184 valence electrons. The number of para-hydroxylation sites is 1. The molecular weight excluding hydrogens is 459 g/mol. The SMILES string of the molecule is CC(C)(C)OC(=O)NC(COc1cncc(-c2ccc(F)c(C#N)c2)c1)Cc1c[nH]c2ccccc12. The van der Waals surface area contributed by atoms with E-state index in [2.05, 4.69) is 15.3 Å². The third-order valence-electron chi connectivity index (χ3n) is 5.45. The molecule has 4 aromatic rings. The molecule has 0 radical (unpaired) electrons. The Morgan fingerprint density at radius 1 is 1.17 bits per heavy atom. The number of pyridine rings is 1. The number of hydrogen-bond donors (Lipinski definition) is 2. The maximum atomic E-state index is 13.7. The van der Waals surface area contributed by atoms with Crippen LogP contribution in [0.1, 0.15) is 31.9 Å². The number of alkyl carbamates (subject to hydrolysis) is 1. The lowest BCUT2D eigenvalue weighted by Crippen LogP contribution is -2.43. The summed E-state index contributed by atoms with van der Waals surface area (Å²) in [7, 11) is 0. The van der Waals surface area contributed by atoms with E-state index in [0.29, 0.717) is 23.3 Å². The summed E-state index contributed by atoms with van der Waals surface area (Å²) in [5, 5.41) is 13.1. The number of nitrogens with zero attached hydrogens (tertiary/aromatic N) is 2. The van der Waals surface area contributed by atoms with E-state index in [1.807, 2.05) is 57.3 Å². The third-order valence-corrected chi connectivity index (χ3v) is 5.45. The Morgan fingerprint density at radius 3 is 2.75 bits per heavy atom. The van der Waals surface area contributed by atoms with E-state index in [1.165, 1.54) is 12.1 Å². The second-order valence-electron chi connectivity index (χ2n) is 9.43. The van der Waals surface area contributed by atoms with Crippen LogP contribution < -0.4 is 10.1 Å². The molecule has 0 bridgehead atoms. The van der Waals surface area contributed by atoms with Crippen molar-refractivity contribution in [3.05, 3.63) is 84.1 Å². The lowest BCUT2D eigenvalue weighted by molar-refractivity contribution is 0.0488. The van der Waals surface area contributed by atoms with Crippen LogP contribution in [-0.2, 0) is 11.2 Å². The number of benzene rings is 2. The van der Waals surface area contributed by atoms with Crippen LogP contribution >= 0.6 is 0 Å². The van der Waals surface area contributed by atoms with Crippen LogP contribution in [0.4, 0.5) is 9.18 Å². The van der Waals surface area contributed by atoms with Gasteiger partial charge in [0.1, 0.15) is 29.8 Å². The van der Waals surface area contributed by atoms with Crippen molar-refractivity contribution in [2.45, 2.75) is 38.8 Å². The first-order valence-electron chi connectivity index (χ1n) is 11.5. The number of nitriles is 1. The number of nitrogens with one attached hydrogen (secondary N) is 2. The van der Waals surface area contributed by atoms with E-state index in [-0.39, 0.29) is 12.2 Å². The Kier molecular flexibility index (Phi) is 7.20. The molecule has 36 heavy (non-hydrogen) atoms. The van der Waals surface area contributed by atoms with E-state index < -0.39 is 23.6 Å². The normalized spacial score (nSPS) is 12.1. The summed E-state index contributed by atoms with van der Waals surface area (Å²) >= 11 is 0. The molecule has 0 saturated heterocycles. The van der Waals surface area contributed by atoms with E-state index >= 15 is 0 Å². The number of aromatic amines is 1. The Hall–Kier alpha value is -4.38. The van der Waals surface area contributed by atoms with Crippen molar-refractivity contribution in [1.82, 2.24) is 15.3 Å². The molecule has 2 N–H and O–H groups in total. The van der Waals surface area contributed by atoms with Crippen LogP contribution in [0.3, 0.4) is 0 Å². The first kappa shape index (κ1) is 24.7. The van der Waals surface area contributed by atoms with E-state index in [9.17, 15) is 9.18 Å². The highest BCUT2D eigenvalue weighted by Crippen LogP contribution is 2.25. The second kappa shape index (κ2) is 10.5. The van der Waals surface area contributed by atoms with E-state index in [0.717, 1.165) is 16.5 Å². The quantitative estimate of drug-likeness (QED) is 0.346. The Labute approximate surface area is 208 Å². The molecule has 0 saturated carbocycles. The van der Waals surface area contributed by atoms with Crippen molar-refractivity contribution in [1.29, 1.82) is 5.26 Å². The summed E-state index contributed by atoms with van der Waals surface area (Å²) in [5.41, 5.74) is 2.70. The fourth-order valence-corrected chi connectivity index (χ4v) is 3.83. The summed E-state index contributed by atoms with van der Waals surface area (Å²) in [6.07, 6.45) is 5.09. The minimum Gasteiger partial charge on any atom is -0.490 e. The van der Waals surface area contributed by atoms with Gasteiger partial charge in [0.05, 0.1) is 17.8 Å². The molecule has 1 atom stereocenters. The number of carbonyl (C=O) groups is 1. The first-order chi connectivity index (χ1) is 17.2. The molecule has 2 aromatic heterocycles. The van der Waals surface area contributed by atoms with Gasteiger partial charge in [-0.25, -0.2) is 9.18 Å². The molecule has 0 aliphatic carbocycles. The molecular formula is C28H27FN4O3. The molecule has 0 fully saturated rings. The van der Waals surface area contributed by atoms with Crippen LogP contribution in [0.5, 0.6) is 5.75 Å². The van der Waals surface area contributed by atoms with Crippen molar-refractivity contribution in [3.8, 4) is 22.9 Å². The minimum absolute atomic E-state index is 0.0424. The van der Waals surface area contributed by atoms with Crippen molar-refractivity contribution in [3.63, 3.8) is 0 Å². The molecule has 0 aliphatic heterocycles. The summed E-state index contributed by atoms with van der Waals surface area (Å²) in [4.78, 5) is 20.0. The van der Waals surface area contributed by atoms with Gasteiger partial charge < -0.3 is 19.8 Å². The van der Waals surface area contributed by atoms with Crippen LogP contribution in [0.2, 0.25) is 0 Å². The topological polar surface area (TPSA) is 100 Å². The van der Waals surface area contributed by atoms with Crippen molar-refractivity contribution >= 4 is 17.0 Å². The molecule has 1 unspecified atom stereocenters. The van der Waals surface area contributed by atoms with Gasteiger partial charge in [0.2, 0.25) is 0 Å². The van der Waals surface area contributed by atoms with Crippen molar-refractivity contribution in [2.75, 3.05) is 6.61 Å². The highest BCUT2D eigenvalue weighted by molar-refractivity contribution is 5.83. The number of aromatic nitrogens is 2. The number of rotatable bonds is 7. The second-order valence-corrected chi connectivity index (χ2v) is 9.43. The van der Waals surface area contributed by atoms with Crippen LogP contribution in [0, 0.1) is 17.1 Å². The molecule has 7 nitrogen and oxygen atoms in total. The van der Waals surface area contributed by atoms with Gasteiger partial charge in [-0.3, -0.25) is 4.98 Å². The van der Waals surface area contributed by atoms with E-state index in [4.69, 9.17) is 14.7 Å². The van der Waals surface area contributed by atoms with Gasteiger partial charge in [-0.15, -0.1) is 0 Å². The molecule has 4 rings (SSSR count). The first-order valence-corrected chi connectivity index (χ1v) is 11.5. The largest absolute Gasteiger partial charge is 0.490 e. The molecule has 0 aliphatic rings. The standard InChI is InChI=1S/C28H27FN4O3/c1-28(2,3)36-27(34)33-22(11-21-15-32-26-7-5-4-6-24(21)26)17-35-23-12-20(14-31-16-23)18-8-9-25(29)19(10-18)13-30/h4-10,12,14-16,22,32H,11,17H2,1-3H3,(H,33,34). The summed E-state index contributed by atoms with van der Waals surface area (Å²) < 4.78 is 25.2. The lowest BCUT2D eigenvalue weighted by Gasteiger charge is -2.24. The summed E-state index contributed by atoms with van der Waals surface area (Å²) in [6, 6.07) is 15.5. The number of ether oxygens (including phenoxy) is 2. The van der Waals surface area contributed by atoms with Gasteiger partial charge in [0.25, 0.3) is 0 Å². The fourth-order valence-electron chi connectivity index (χ4n) is 3.83. The Morgan fingerprint density at radius 2 is 1.97 bits per heavy atom. The molecule has 0 spiro atoms. The predicted octanol–water partition coefficient (Wildman–Crippen LogP) is 5.76. The molecule has 8 heteroatoms. The zero-order valence-electron chi connectivity index (χ0n) is 20.3. The number of fused-ring (bicyclic) bond motifs is 1. The molecule has 1 amide bonds. The van der Waals surface area contributed by atoms with Crippen molar-refractivity contribution in [2.24, 2.45) is 0 Å².